The zero-order valence-corrected chi connectivity index (χ0v) is 10.4. The molecule has 94 valence electrons. The zero-order valence-electron chi connectivity index (χ0n) is 10.4. The summed E-state index contributed by atoms with van der Waals surface area (Å²) in [5.74, 6) is -0.197. The van der Waals surface area contributed by atoms with E-state index in [2.05, 4.69) is 0 Å². The van der Waals surface area contributed by atoms with E-state index in [0.717, 1.165) is 12.0 Å². The summed E-state index contributed by atoms with van der Waals surface area (Å²) >= 11 is 0. The number of aliphatic hydroxyl groups excluding tert-OH is 1. The molecule has 0 saturated carbocycles. The molecule has 0 aliphatic carbocycles. The number of carbonyl (C=O) groups is 1. The second-order valence-corrected chi connectivity index (χ2v) is 4.35. The van der Waals surface area contributed by atoms with E-state index < -0.39 is 12.1 Å². The third-order valence-electron chi connectivity index (χ3n) is 2.75. The van der Waals surface area contributed by atoms with Crippen molar-refractivity contribution in [3.8, 4) is 0 Å². The van der Waals surface area contributed by atoms with Crippen molar-refractivity contribution >= 4 is 5.97 Å². The summed E-state index contributed by atoms with van der Waals surface area (Å²) in [6.45, 7) is 4.43. The number of carbonyl (C=O) groups excluding carboxylic acids is 1. The Labute approximate surface area is 102 Å². The lowest BCUT2D eigenvalue weighted by atomic mass is 10.1. The Morgan fingerprint density at radius 2 is 2.00 bits per heavy atom. The van der Waals surface area contributed by atoms with Crippen molar-refractivity contribution in [3.63, 3.8) is 0 Å². The summed E-state index contributed by atoms with van der Waals surface area (Å²) < 4.78 is 5.04. The fourth-order valence-corrected chi connectivity index (χ4v) is 1.36. The zero-order chi connectivity index (χ0) is 12.7. The molecule has 17 heavy (non-hydrogen) atoms. The highest BCUT2D eigenvalue weighted by Gasteiger charge is 2.17. The highest BCUT2D eigenvalue weighted by atomic mass is 16.5. The first-order valence-electron chi connectivity index (χ1n) is 6.02. The predicted molar refractivity (Wildman–Crippen MR) is 66.6 cm³/mol. The van der Waals surface area contributed by atoms with Crippen LogP contribution >= 0.6 is 0 Å². The van der Waals surface area contributed by atoms with E-state index in [1.165, 1.54) is 0 Å². The van der Waals surface area contributed by atoms with Gasteiger partial charge in [0.05, 0.1) is 6.61 Å². The first-order chi connectivity index (χ1) is 8.13. The smallest absolute Gasteiger partial charge is 0.335 e. The summed E-state index contributed by atoms with van der Waals surface area (Å²) in [6.07, 6.45) is 0.198. The molecule has 3 nitrogen and oxygen atoms in total. The molecular formula is C14H20O3. The molecule has 0 fully saturated rings. The van der Waals surface area contributed by atoms with Gasteiger partial charge < -0.3 is 9.84 Å². The van der Waals surface area contributed by atoms with Gasteiger partial charge in [-0.3, -0.25) is 0 Å². The Morgan fingerprint density at radius 3 is 2.59 bits per heavy atom. The van der Waals surface area contributed by atoms with Crippen molar-refractivity contribution < 1.29 is 14.6 Å². The predicted octanol–water partition coefficient (Wildman–Crippen LogP) is 2.18. The van der Waals surface area contributed by atoms with Crippen LogP contribution in [0, 0.1) is 5.92 Å². The number of aliphatic hydroxyl groups is 1. The highest BCUT2D eigenvalue weighted by Crippen LogP contribution is 2.06. The van der Waals surface area contributed by atoms with Crippen molar-refractivity contribution in [2.45, 2.75) is 32.8 Å². The van der Waals surface area contributed by atoms with Gasteiger partial charge in [-0.05, 0) is 11.5 Å². The van der Waals surface area contributed by atoms with Crippen LogP contribution in [0.3, 0.4) is 0 Å². The van der Waals surface area contributed by atoms with Gasteiger partial charge >= 0.3 is 5.97 Å². The Hall–Kier alpha value is -1.35. The SMILES string of the molecule is CCC(C)COC(=O)C(O)Cc1ccccc1. The minimum atomic E-state index is -1.07. The lowest BCUT2D eigenvalue weighted by molar-refractivity contribution is -0.154. The third kappa shape index (κ3) is 5.00. The molecule has 0 aromatic heterocycles. The quantitative estimate of drug-likeness (QED) is 0.770. The lowest BCUT2D eigenvalue weighted by Gasteiger charge is -2.13. The Kier molecular flexibility index (Phi) is 5.70. The average Bonchev–Trinajstić information content (AvgIpc) is 2.36. The minimum absolute atomic E-state index is 0.306. The van der Waals surface area contributed by atoms with Crippen LogP contribution in [0.1, 0.15) is 25.8 Å². The topological polar surface area (TPSA) is 46.5 Å². The molecule has 1 aromatic carbocycles. The van der Waals surface area contributed by atoms with Crippen molar-refractivity contribution in [1.82, 2.24) is 0 Å². The van der Waals surface area contributed by atoms with E-state index >= 15 is 0 Å². The molecule has 0 spiro atoms. The molecule has 1 rings (SSSR count). The van der Waals surface area contributed by atoms with Gasteiger partial charge in [0.25, 0.3) is 0 Å². The van der Waals surface area contributed by atoms with Gasteiger partial charge in [-0.1, -0.05) is 50.6 Å². The Morgan fingerprint density at radius 1 is 1.35 bits per heavy atom. The molecule has 0 bridgehead atoms. The van der Waals surface area contributed by atoms with Gasteiger partial charge in [-0.2, -0.15) is 0 Å². The van der Waals surface area contributed by atoms with Crippen LogP contribution in [0.4, 0.5) is 0 Å². The summed E-state index contributed by atoms with van der Waals surface area (Å²) in [4.78, 5) is 11.5. The molecule has 0 aliphatic rings. The van der Waals surface area contributed by atoms with Crippen LogP contribution in [-0.2, 0) is 16.0 Å². The first kappa shape index (κ1) is 13.7. The fraction of sp³-hybridized carbons (Fsp3) is 0.500. The molecule has 0 saturated heterocycles. The molecule has 2 unspecified atom stereocenters. The van der Waals surface area contributed by atoms with Crippen LogP contribution < -0.4 is 0 Å². The standard InChI is InChI=1S/C14H20O3/c1-3-11(2)10-17-14(16)13(15)9-12-7-5-4-6-8-12/h4-8,11,13,15H,3,9-10H2,1-2H3. The molecule has 1 N–H and O–H groups in total. The maximum absolute atomic E-state index is 11.5. The number of benzene rings is 1. The second-order valence-electron chi connectivity index (χ2n) is 4.35. The summed E-state index contributed by atoms with van der Waals surface area (Å²) in [6, 6.07) is 9.42. The highest BCUT2D eigenvalue weighted by molar-refractivity contribution is 5.74. The summed E-state index contributed by atoms with van der Waals surface area (Å²) in [5, 5.41) is 9.68. The van der Waals surface area contributed by atoms with E-state index in [-0.39, 0.29) is 0 Å². The summed E-state index contributed by atoms with van der Waals surface area (Å²) in [7, 11) is 0. The van der Waals surface area contributed by atoms with Crippen LogP contribution in [-0.4, -0.2) is 23.8 Å². The van der Waals surface area contributed by atoms with Crippen LogP contribution in [0.2, 0.25) is 0 Å². The number of hydrogen-bond acceptors (Lipinski definition) is 3. The van der Waals surface area contributed by atoms with Crippen molar-refractivity contribution in [2.75, 3.05) is 6.61 Å². The van der Waals surface area contributed by atoms with Gasteiger partial charge in [0.1, 0.15) is 0 Å². The maximum Gasteiger partial charge on any atom is 0.335 e. The molecule has 0 radical (unpaired) electrons. The monoisotopic (exact) mass is 236 g/mol. The number of rotatable bonds is 6. The number of hydrogen-bond donors (Lipinski definition) is 1. The van der Waals surface area contributed by atoms with Crippen molar-refractivity contribution in [2.24, 2.45) is 5.92 Å². The van der Waals surface area contributed by atoms with E-state index in [9.17, 15) is 9.90 Å². The van der Waals surface area contributed by atoms with Gasteiger partial charge in [-0.15, -0.1) is 0 Å². The summed E-state index contributed by atoms with van der Waals surface area (Å²) in [5.41, 5.74) is 0.931. The molecule has 1 aromatic rings. The average molecular weight is 236 g/mol. The van der Waals surface area contributed by atoms with Gasteiger partial charge in [0.15, 0.2) is 6.10 Å². The van der Waals surface area contributed by atoms with Crippen LogP contribution in [0.5, 0.6) is 0 Å². The Balaban J connectivity index is 2.37. The number of ether oxygens (including phenoxy) is 1. The second kappa shape index (κ2) is 7.07. The normalized spacial score (nSPS) is 14.1. The van der Waals surface area contributed by atoms with E-state index in [1.807, 2.05) is 44.2 Å². The number of esters is 1. The van der Waals surface area contributed by atoms with Crippen molar-refractivity contribution in [3.05, 3.63) is 35.9 Å². The van der Waals surface area contributed by atoms with E-state index in [0.29, 0.717) is 18.9 Å². The first-order valence-corrected chi connectivity index (χ1v) is 6.02. The molecule has 0 amide bonds. The molecule has 2 atom stereocenters. The maximum atomic E-state index is 11.5. The Bertz CT molecular complexity index is 335. The van der Waals surface area contributed by atoms with Crippen LogP contribution in [0.25, 0.3) is 0 Å². The van der Waals surface area contributed by atoms with Crippen molar-refractivity contribution in [1.29, 1.82) is 0 Å². The van der Waals surface area contributed by atoms with Gasteiger partial charge in [0.2, 0.25) is 0 Å². The molecule has 0 aliphatic heterocycles. The fourth-order valence-electron chi connectivity index (χ4n) is 1.36. The van der Waals surface area contributed by atoms with Gasteiger partial charge in [-0.25, -0.2) is 4.79 Å². The minimum Gasteiger partial charge on any atom is -0.463 e. The molecule has 0 heterocycles. The largest absolute Gasteiger partial charge is 0.463 e. The van der Waals surface area contributed by atoms with Crippen LogP contribution in [0.15, 0.2) is 30.3 Å². The van der Waals surface area contributed by atoms with Gasteiger partial charge in [0, 0.05) is 6.42 Å². The molecular weight excluding hydrogens is 216 g/mol. The third-order valence-corrected chi connectivity index (χ3v) is 2.75. The molecule has 3 heteroatoms. The van der Waals surface area contributed by atoms with E-state index in [4.69, 9.17) is 4.74 Å². The lowest BCUT2D eigenvalue weighted by Crippen LogP contribution is -2.26. The van der Waals surface area contributed by atoms with E-state index in [1.54, 1.807) is 0 Å².